The Hall–Kier alpha value is -1.22. The molecule has 1 fully saturated rings. The van der Waals surface area contributed by atoms with Gasteiger partial charge in [0.25, 0.3) is 0 Å². The zero-order valence-electron chi connectivity index (χ0n) is 15.9. The van der Waals surface area contributed by atoms with E-state index in [1.54, 1.807) is 7.11 Å². The van der Waals surface area contributed by atoms with Crippen LogP contribution in [0, 0.1) is 11.3 Å². The molecule has 1 saturated carbocycles. The van der Waals surface area contributed by atoms with Crippen LogP contribution in [0.5, 0.6) is 11.5 Å². The standard InChI is InChI=1S/C21H32O3/c1-12(2)14-10-13-11-15(22)19-20(3,4)8-7-9-21(19,5)16(13)17(23)18(14)24-6/h10,12,15,19,22-23H,7-9,11H2,1-6H3/t15-,19+,21+/m0/s1. The number of hydrogen-bond acceptors (Lipinski definition) is 3. The molecule has 0 aliphatic heterocycles. The predicted molar refractivity (Wildman–Crippen MR) is 96.9 cm³/mol. The van der Waals surface area contributed by atoms with Crippen LogP contribution in [-0.2, 0) is 11.8 Å². The van der Waals surface area contributed by atoms with Gasteiger partial charge in [0.05, 0.1) is 13.2 Å². The minimum absolute atomic E-state index is 0.0699. The van der Waals surface area contributed by atoms with E-state index in [0.29, 0.717) is 17.9 Å². The van der Waals surface area contributed by atoms with Crippen LogP contribution in [0.3, 0.4) is 0 Å². The van der Waals surface area contributed by atoms with Crippen LogP contribution in [0.25, 0.3) is 0 Å². The third-order valence-electron chi connectivity index (χ3n) is 6.62. The molecule has 134 valence electrons. The monoisotopic (exact) mass is 332 g/mol. The third-order valence-corrected chi connectivity index (χ3v) is 6.62. The number of fused-ring (bicyclic) bond motifs is 3. The number of rotatable bonds is 2. The Kier molecular flexibility index (Phi) is 4.15. The summed E-state index contributed by atoms with van der Waals surface area (Å²) in [6.07, 6.45) is 3.52. The summed E-state index contributed by atoms with van der Waals surface area (Å²) in [6.45, 7) is 11.0. The van der Waals surface area contributed by atoms with Gasteiger partial charge in [-0.25, -0.2) is 0 Å². The van der Waals surface area contributed by atoms with Crippen LogP contribution in [0.1, 0.15) is 76.5 Å². The van der Waals surface area contributed by atoms with E-state index in [9.17, 15) is 10.2 Å². The lowest BCUT2D eigenvalue weighted by Crippen LogP contribution is -2.54. The topological polar surface area (TPSA) is 49.7 Å². The van der Waals surface area contributed by atoms with Crippen molar-refractivity contribution in [2.75, 3.05) is 7.11 Å². The molecule has 24 heavy (non-hydrogen) atoms. The van der Waals surface area contributed by atoms with Crippen molar-refractivity contribution in [2.45, 2.75) is 77.7 Å². The van der Waals surface area contributed by atoms with Crippen molar-refractivity contribution in [3.63, 3.8) is 0 Å². The molecule has 1 aromatic carbocycles. The molecule has 2 aliphatic carbocycles. The number of benzene rings is 1. The molecule has 3 heteroatoms. The first kappa shape index (κ1) is 17.6. The van der Waals surface area contributed by atoms with E-state index < -0.39 is 0 Å². The molecule has 0 unspecified atom stereocenters. The third kappa shape index (κ3) is 2.35. The molecule has 0 aromatic heterocycles. The van der Waals surface area contributed by atoms with E-state index in [-0.39, 0.29) is 28.8 Å². The van der Waals surface area contributed by atoms with Crippen molar-refractivity contribution in [3.8, 4) is 11.5 Å². The van der Waals surface area contributed by atoms with Crippen LogP contribution in [0.4, 0.5) is 0 Å². The molecule has 0 heterocycles. The maximum atomic E-state index is 11.1. The van der Waals surface area contributed by atoms with Gasteiger partial charge in [-0.1, -0.05) is 47.1 Å². The highest BCUT2D eigenvalue weighted by atomic mass is 16.5. The van der Waals surface area contributed by atoms with Crippen LogP contribution < -0.4 is 4.74 Å². The Morgan fingerprint density at radius 2 is 1.88 bits per heavy atom. The molecule has 3 nitrogen and oxygen atoms in total. The van der Waals surface area contributed by atoms with Crippen LogP contribution in [-0.4, -0.2) is 23.4 Å². The lowest BCUT2D eigenvalue weighted by Gasteiger charge is -2.56. The van der Waals surface area contributed by atoms with Gasteiger partial charge in [0.2, 0.25) is 0 Å². The summed E-state index contributed by atoms with van der Waals surface area (Å²) < 4.78 is 5.59. The maximum Gasteiger partial charge on any atom is 0.164 e. The molecule has 0 bridgehead atoms. The second-order valence-electron chi connectivity index (χ2n) is 9.05. The number of methoxy groups -OCH3 is 1. The van der Waals surface area contributed by atoms with Gasteiger partial charge in [0, 0.05) is 16.5 Å². The lowest BCUT2D eigenvalue weighted by atomic mass is 9.49. The van der Waals surface area contributed by atoms with E-state index in [4.69, 9.17) is 4.74 Å². The van der Waals surface area contributed by atoms with E-state index in [1.807, 2.05) is 0 Å². The minimum atomic E-state index is -0.356. The smallest absolute Gasteiger partial charge is 0.164 e. The fourth-order valence-corrected chi connectivity index (χ4v) is 5.82. The quantitative estimate of drug-likeness (QED) is 0.837. The molecular formula is C21H32O3. The molecule has 1 aromatic rings. The summed E-state index contributed by atoms with van der Waals surface area (Å²) in [5.41, 5.74) is 3.01. The molecule has 2 N–H and O–H groups in total. The van der Waals surface area contributed by atoms with Crippen LogP contribution in [0.2, 0.25) is 0 Å². The summed E-state index contributed by atoms with van der Waals surface area (Å²) >= 11 is 0. The Morgan fingerprint density at radius 1 is 1.21 bits per heavy atom. The normalized spacial score (nSPS) is 31.5. The Bertz CT molecular complexity index is 647. The van der Waals surface area contributed by atoms with Crippen molar-refractivity contribution >= 4 is 0 Å². The first-order chi connectivity index (χ1) is 11.1. The van der Waals surface area contributed by atoms with Crippen LogP contribution in [0.15, 0.2) is 6.07 Å². The zero-order chi connectivity index (χ0) is 17.9. The van der Waals surface area contributed by atoms with Gasteiger partial charge in [-0.05, 0) is 42.1 Å². The van der Waals surface area contributed by atoms with Crippen molar-refractivity contribution in [1.29, 1.82) is 0 Å². The van der Waals surface area contributed by atoms with Gasteiger partial charge in [-0.3, -0.25) is 0 Å². The Labute approximate surface area is 146 Å². The summed E-state index contributed by atoms with van der Waals surface area (Å²) in [4.78, 5) is 0. The highest BCUT2D eigenvalue weighted by Crippen LogP contribution is 2.60. The van der Waals surface area contributed by atoms with Crippen molar-refractivity contribution in [2.24, 2.45) is 11.3 Å². The fraction of sp³-hybridized carbons (Fsp3) is 0.714. The first-order valence-corrected chi connectivity index (χ1v) is 9.24. The molecule has 0 radical (unpaired) electrons. The number of phenols is 1. The first-order valence-electron chi connectivity index (χ1n) is 9.24. The Balaban J connectivity index is 2.27. The average Bonchev–Trinajstić information content (AvgIpc) is 2.44. The Morgan fingerprint density at radius 3 is 2.46 bits per heavy atom. The second kappa shape index (κ2) is 5.66. The number of ether oxygens (including phenoxy) is 1. The highest BCUT2D eigenvalue weighted by molar-refractivity contribution is 5.60. The van der Waals surface area contributed by atoms with Crippen molar-refractivity contribution in [1.82, 2.24) is 0 Å². The van der Waals surface area contributed by atoms with Crippen molar-refractivity contribution in [3.05, 3.63) is 22.8 Å². The highest BCUT2D eigenvalue weighted by Gasteiger charge is 2.55. The molecule has 0 amide bonds. The molecule has 2 aliphatic rings. The van der Waals surface area contributed by atoms with Gasteiger partial charge < -0.3 is 14.9 Å². The van der Waals surface area contributed by atoms with Gasteiger partial charge in [-0.15, -0.1) is 0 Å². The summed E-state index contributed by atoms with van der Waals surface area (Å²) in [5.74, 6) is 1.34. The van der Waals surface area contributed by atoms with Crippen LogP contribution >= 0.6 is 0 Å². The molecule has 0 saturated heterocycles. The summed E-state index contributed by atoms with van der Waals surface area (Å²) in [7, 11) is 1.63. The maximum absolute atomic E-state index is 11.1. The van der Waals surface area contributed by atoms with Crippen molar-refractivity contribution < 1.29 is 14.9 Å². The zero-order valence-corrected chi connectivity index (χ0v) is 15.9. The average molecular weight is 332 g/mol. The lowest BCUT2D eigenvalue weighted by molar-refractivity contribution is -0.0543. The number of hydrogen-bond donors (Lipinski definition) is 2. The van der Waals surface area contributed by atoms with Gasteiger partial charge in [0.1, 0.15) is 0 Å². The summed E-state index contributed by atoms with van der Waals surface area (Å²) in [5, 5.41) is 22.1. The van der Waals surface area contributed by atoms with Gasteiger partial charge in [-0.2, -0.15) is 0 Å². The molecule has 0 spiro atoms. The number of aromatic hydroxyl groups is 1. The van der Waals surface area contributed by atoms with Gasteiger partial charge in [0.15, 0.2) is 11.5 Å². The van der Waals surface area contributed by atoms with E-state index in [2.05, 4.69) is 40.7 Å². The number of phenolic OH excluding ortho intramolecular Hbond substituents is 1. The molecule has 3 atom stereocenters. The van der Waals surface area contributed by atoms with E-state index >= 15 is 0 Å². The van der Waals surface area contributed by atoms with Gasteiger partial charge >= 0.3 is 0 Å². The van der Waals surface area contributed by atoms with E-state index in [0.717, 1.165) is 36.0 Å². The molecule has 3 rings (SSSR count). The molecular weight excluding hydrogens is 300 g/mol. The number of aliphatic hydroxyl groups is 1. The largest absolute Gasteiger partial charge is 0.504 e. The fourth-order valence-electron chi connectivity index (χ4n) is 5.82. The predicted octanol–water partition coefficient (Wildman–Crippen LogP) is 4.53. The van der Waals surface area contributed by atoms with E-state index in [1.165, 1.54) is 0 Å². The SMILES string of the molecule is COc1c(C(C)C)cc2c(c1O)[C@@]1(C)CCCC(C)(C)[C@H]1[C@@H](O)C2. The second-order valence-corrected chi connectivity index (χ2v) is 9.05. The number of aliphatic hydroxyl groups excluding tert-OH is 1. The minimum Gasteiger partial charge on any atom is -0.504 e. The summed E-state index contributed by atoms with van der Waals surface area (Å²) in [6, 6.07) is 2.16.